The maximum Gasteiger partial charge on any atom is 0.460 e. The number of hydrogen-bond donors (Lipinski definition) is 0. The van der Waals surface area contributed by atoms with Crippen molar-refractivity contribution in [3.8, 4) is 0 Å². The smallest absolute Gasteiger partial charge is 0.237 e. The van der Waals surface area contributed by atoms with E-state index in [1.807, 2.05) is 0 Å². The number of halogens is 20. The van der Waals surface area contributed by atoms with E-state index < -0.39 is 86.0 Å². The molecule has 0 bridgehead atoms. The summed E-state index contributed by atoms with van der Waals surface area (Å²) in [6.07, 6.45) is -15.2. The molecular weight excluding hydrogens is 624 g/mol. The molecule has 0 aliphatic rings. The van der Waals surface area contributed by atoms with Gasteiger partial charge in [0.25, 0.3) is 0 Å². The molecule has 2 nitrogen and oxygen atoms in total. The van der Waals surface area contributed by atoms with Gasteiger partial charge in [-0.15, -0.1) is 0 Å². The van der Waals surface area contributed by atoms with Gasteiger partial charge < -0.3 is 0 Å². The van der Waals surface area contributed by atoms with Crippen LogP contribution in [0.25, 0.3) is 0 Å². The predicted octanol–water partition coefficient (Wildman–Crippen LogP) is 7.91. The van der Waals surface area contributed by atoms with E-state index in [2.05, 4.69) is 0 Å². The van der Waals surface area contributed by atoms with Crippen LogP contribution in [-0.2, 0) is 13.1 Å². The second-order valence-electron chi connectivity index (χ2n) is 8.36. The number of alkyl halides is 20. The van der Waals surface area contributed by atoms with Gasteiger partial charge in [-0.3, -0.25) is 0 Å². The van der Waals surface area contributed by atoms with Crippen molar-refractivity contribution in [1.29, 1.82) is 0 Å². The highest BCUT2D eigenvalue weighted by Crippen LogP contribution is 2.64. The van der Waals surface area contributed by atoms with Gasteiger partial charge in [0.15, 0.2) is 0 Å². The standard InChI is InChI=1S/C18H15F20N2/c19-10(20,3-1-5-39-7-8-40(9-39)6-2-4-11(21,22)23)12(24,25)13(26,27)14(28,29)15(30,31)16(32,33)17(34,35)18(36,37)38/h7-9H,1-6H2/q+1. The molecule has 236 valence electrons. The number of nitrogens with zero attached hydrogens (tertiary/aromatic N) is 2. The van der Waals surface area contributed by atoms with Gasteiger partial charge >= 0.3 is 53.8 Å². The van der Waals surface area contributed by atoms with E-state index in [0.29, 0.717) is 0 Å². The van der Waals surface area contributed by atoms with Gasteiger partial charge in [-0.2, -0.15) is 87.8 Å². The van der Waals surface area contributed by atoms with Gasteiger partial charge in [0.05, 0.1) is 13.1 Å². The summed E-state index contributed by atoms with van der Waals surface area (Å²) in [6, 6.07) is 0. The van der Waals surface area contributed by atoms with Gasteiger partial charge in [0, 0.05) is 12.8 Å². The largest absolute Gasteiger partial charge is 0.460 e. The first-order valence-corrected chi connectivity index (χ1v) is 10.2. The molecule has 0 amide bonds. The molecule has 0 unspecified atom stereocenters. The molecule has 0 saturated carbocycles. The first kappa shape index (κ1) is 35.8. The van der Waals surface area contributed by atoms with Crippen molar-refractivity contribution in [2.75, 3.05) is 0 Å². The third kappa shape index (κ3) is 6.18. The van der Waals surface area contributed by atoms with E-state index in [1.54, 1.807) is 0 Å². The van der Waals surface area contributed by atoms with Crippen LogP contribution < -0.4 is 4.57 Å². The maximum absolute atomic E-state index is 13.9. The summed E-state index contributed by atoms with van der Waals surface area (Å²) in [7, 11) is 0. The Morgan fingerprint density at radius 1 is 0.500 bits per heavy atom. The Morgan fingerprint density at radius 2 is 0.925 bits per heavy atom. The molecule has 40 heavy (non-hydrogen) atoms. The molecule has 1 heterocycles. The molecule has 0 aliphatic heterocycles. The minimum Gasteiger partial charge on any atom is -0.237 e. The summed E-state index contributed by atoms with van der Waals surface area (Å²) >= 11 is 0. The van der Waals surface area contributed by atoms with Crippen molar-refractivity contribution in [3.05, 3.63) is 18.7 Å². The molecule has 0 fully saturated rings. The molecule has 0 saturated heterocycles. The summed E-state index contributed by atoms with van der Waals surface area (Å²) in [5.41, 5.74) is 0. The van der Waals surface area contributed by atoms with Crippen molar-refractivity contribution in [1.82, 2.24) is 4.57 Å². The Labute approximate surface area is 209 Å². The van der Waals surface area contributed by atoms with E-state index in [9.17, 15) is 87.8 Å². The first-order valence-electron chi connectivity index (χ1n) is 10.2. The fraction of sp³-hybridized carbons (Fsp3) is 0.833. The van der Waals surface area contributed by atoms with Gasteiger partial charge in [-0.1, -0.05) is 0 Å². The predicted molar refractivity (Wildman–Crippen MR) is 89.8 cm³/mol. The Bertz CT molecular complexity index is 986. The van der Waals surface area contributed by atoms with Crippen LogP contribution in [0, 0.1) is 0 Å². The average molecular weight is 639 g/mol. The summed E-state index contributed by atoms with van der Waals surface area (Å²) in [6.45, 7) is -1.18. The first-order chi connectivity index (χ1) is 17.4. The Balaban J connectivity index is 3.13. The Kier molecular flexibility index (Phi) is 9.47. The highest BCUT2D eigenvalue weighted by Gasteiger charge is 2.95. The molecule has 0 N–H and O–H groups in total. The molecule has 0 spiro atoms. The number of aromatic nitrogens is 2. The van der Waals surface area contributed by atoms with Crippen LogP contribution in [0.5, 0.6) is 0 Å². The molecule has 0 radical (unpaired) electrons. The van der Waals surface area contributed by atoms with E-state index in [0.717, 1.165) is 27.9 Å². The van der Waals surface area contributed by atoms with E-state index in [1.165, 1.54) is 0 Å². The summed E-state index contributed by atoms with van der Waals surface area (Å²) in [5, 5.41) is 0. The van der Waals surface area contributed by atoms with Crippen LogP contribution in [0.3, 0.4) is 0 Å². The fourth-order valence-electron chi connectivity index (χ4n) is 3.00. The number of aryl methyl sites for hydroxylation is 2. The van der Waals surface area contributed by atoms with Crippen molar-refractivity contribution in [3.63, 3.8) is 0 Å². The zero-order valence-corrected chi connectivity index (χ0v) is 18.9. The number of hydrogen-bond acceptors (Lipinski definition) is 0. The van der Waals surface area contributed by atoms with E-state index in [-0.39, 0.29) is 6.54 Å². The van der Waals surface area contributed by atoms with Crippen molar-refractivity contribution >= 4 is 0 Å². The molecule has 1 aromatic rings. The molecule has 0 aromatic carbocycles. The average Bonchev–Trinajstić information content (AvgIpc) is 3.18. The number of imidazole rings is 1. The normalized spacial score (nSPS) is 15.6. The molecule has 0 aliphatic carbocycles. The number of rotatable bonds is 13. The SMILES string of the molecule is FC(F)(F)CCCn1cc[n+](CCCC(F)(F)C(F)(F)C(F)(F)C(F)(F)C(F)(F)C(F)(F)C(F)(F)C(F)(F)F)c1. The lowest BCUT2D eigenvalue weighted by atomic mass is 9.88. The summed E-state index contributed by atoms with van der Waals surface area (Å²) in [5.74, 6) is -56.6. The highest BCUT2D eigenvalue weighted by molar-refractivity contribution is 5.15. The lowest BCUT2D eigenvalue weighted by Crippen LogP contribution is -2.74. The Hall–Kier alpha value is -2.19. The quantitative estimate of drug-likeness (QED) is 0.153. The van der Waals surface area contributed by atoms with Crippen LogP contribution in [-0.4, -0.2) is 58.4 Å². The van der Waals surface area contributed by atoms with Crippen LogP contribution in [0.15, 0.2) is 18.7 Å². The van der Waals surface area contributed by atoms with Gasteiger partial charge in [-0.25, -0.2) is 9.13 Å². The third-order valence-electron chi connectivity index (χ3n) is 5.32. The van der Waals surface area contributed by atoms with Crippen LogP contribution in [0.4, 0.5) is 87.8 Å². The molecule has 1 aromatic heterocycles. The monoisotopic (exact) mass is 639 g/mol. The maximum atomic E-state index is 13.9. The lowest BCUT2D eigenvalue weighted by Gasteiger charge is -2.42. The zero-order chi connectivity index (χ0) is 32.0. The zero-order valence-electron chi connectivity index (χ0n) is 18.9. The second-order valence-corrected chi connectivity index (χ2v) is 8.36. The van der Waals surface area contributed by atoms with Crippen LogP contribution in [0.1, 0.15) is 25.7 Å². The minimum atomic E-state index is -8.67. The van der Waals surface area contributed by atoms with Crippen molar-refractivity contribution < 1.29 is 92.4 Å². The van der Waals surface area contributed by atoms with Gasteiger partial charge in [0.1, 0.15) is 12.4 Å². The summed E-state index contributed by atoms with van der Waals surface area (Å²) < 4.78 is 263. The van der Waals surface area contributed by atoms with Gasteiger partial charge in [0.2, 0.25) is 6.33 Å². The second kappa shape index (κ2) is 10.6. The van der Waals surface area contributed by atoms with Crippen LogP contribution >= 0.6 is 0 Å². The highest BCUT2D eigenvalue weighted by atomic mass is 19.4. The van der Waals surface area contributed by atoms with Crippen molar-refractivity contribution in [2.24, 2.45) is 0 Å². The van der Waals surface area contributed by atoms with Gasteiger partial charge in [-0.05, 0) is 12.8 Å². The Morgan fingerprint density at radius 3 is 1.35 bits per heavy atom. The molecular formula is C18H15F20N2+. The minimum absolute atomic E-state index is 0.311. The summed E-state index contributed by atoms with van der Waals surface area (Å²) in [4.78, 5) is 0. The molecule has 22 heteroatoms. The molecule has 1 rings (SSSR count). The van der Waals surface area contributed by atoms with E-state index >= 15 is 0 Å². The topological polar surface area (TPSA) is 8.81 Å². The van der Waals surface area contributed by atoms with Crippen molar-refractivity contribution in [2.45, 2.75) is 92.6 Å². The lowest BCUT2D eigenvalue weighted by molar-refractivity contribution is -0.697. The third-order valence-corrected chi connectivity index (χ3v) is 5.32. The fourth-order valence-corrected chi connectivity index (χ4v) is 3.00. The van der Waals surface area contributed by atoms with Crippen LogP contribution in [0.2, 0.25) is 0 Å². The molecule has 0 atom stereocenters. The van der Waals surface area contributed by atoms with E-state index in [4.69, 9.17) is 0 Å².